The molecule has 4 heteroatoms. The Morgan fingerprint density at radius 1 is 1.42 bits per heavy atom. The van der Waals surface area contributed by atoms with E-state index in [1.807, 2.05) is 36.4 Å². The van der Waals surface area contributed by atoms with Crippen LogP contribution in [0.2, 0.25) is 0 Å². The van der Waals surface area contributed by atoms with Gasteiger partial charge in [-0.15, -0.1) is 0 Å². The van der Waals surface area contributed by atoms with E-state index in [9.17, 15) is 4.79 Å². The van der Waals surface area contributed by atoms with E-state index in [1.165, 1.54) is 4.90 Å². The van der Waals surface area contributed by atoms with Gasteiger partial charge in [-0.1, -0.05) is 50.1 Å². The van der Waals surface area contributed by atoms with Crippen LogP contribution in [0.1, 0.15) is 31.7 Å². The topological polar surface area (TPSA) is 70.1 Å². The molecule has 0 saturated heterocycles. The van der Waals surface area contributed by atoms with Gasteiger partial charge in [0.2, 0.25) is 5.91 Å². The number of benzene rings is 1. The van der Waals surface area contributed by atoms with E-state index < -0.39 is 6.04 Å². The van der Waals surface area contributed by atoms with Gasteiger partial charge in [-0.2, -0.15) is 5.26 Å². The van der Waals surface area contributed by atoms with E-state index in [1.54, 1.807) is 0 Å². The van der Waals surface area contributed by atoms with Crippen LogP contribution in [0.4, 0.5) is 0 Å². The molecule has 1 aromatic rings. The molecule has 19 heavy (non-hydrogen) atoms. The molecule has 0 aliphatic heterocycles. The molecular weight excluding hydrogens is 238 g/mol. The lowest BCUT2D eigenvalue weighted by molar-refractivity contribution is -0.132. The van der Waals surface area contributed by atoms with E-state index in [0.717, 1.165) is 18.4 Å². The average molecular weight is 259 g/mol. The van der Waals surface area contributed by atoms with Gasteiger partial charge in [-0.3, -0.25) is 4.79 Å². The Bertz CT molecular complexity index is 425. The SMILES string of the molecule is CCCCC(N)C(=O)N(CC#N)Cc1ccccc1. The third kappa shape index (κ3) is 5.11. The van der Waals surface area contributed by atoms with Gasteiger partial charge in [-0.05, 0) is 12.0 Å². The number of carbonyl (C=O) groups excluding carboxylic acids is 1. The van der Waals surface area contributed by atoms with E-state index in [0.29, 0.717) is 13.0 Å². The van der Waals surface area contributed by atoms with E-state index >= 15 is 0 Å². The minimum Gasteiger partial charge on any atom is -0.324 e. The van der Waals surface area contributed by atoms with Gasteiger partial charge < -0.3 is 10.6 Å². The fourth-order valence-electron chi connectivity index (χ4n) is 1.88. The molecule has 102 valence electrons. The standard InChI is InChI=1S/C15H21N3O/c1-2-3-9-14(17)15(19)18(11-10-16)12-13-7-5-4-6-8-13/h4-8,14H,2-3,9,11-12,17H2,1H3. The number of nitrogens with zero attached hydrogens (tertiary/aromatic N) is 2. The third-order valence-electron chi connectivity index (χ3n) is 2.98. The summed E-state index contributed by atoms with van der Waals surface area (Å²) in [5, 5.41) is 8.84. The maximum Gasteiger partial charge on any atom is 0.240 e. The highest BCUT2D eigenvalue weighted by Gasteiger charge is 2.20. The summed E-state index contributed by atoms with van der Waals surface area (Å²) in [6.45, 7) is 2.58. The molecule has 0 spiro atoms. The third-order valence-corrected chi connectivity index (χ3v) is 2.98. The highest BCUT2D eigenvalue weighted by Crippen LogP contribution is 2.08. The second-order valence-electron chi connectivity index (χ2n) is 4.59. The molecule has 0 fully saturated rings. The summed E-state index contributed by atoms with van der Waals surface area (Å²) in [7, 11) is 0. The normalized spacial score (nSPS) is 11.6. The predicted molar refractivity (Wildman–Crippen MR) is 75.0 cm³/mol. The van der Waals surface area contributed by atoms with E-state index in [2.05, 4.69) is 6.92 Å². The Kier molecular flexibility index (Phi) is 6.62. The number of nitrogens with two attached hydrogens (primary N) is 1. The first-order valence-corrected chi connectivity index (χ1v) is 6.64. The Morgan fingerprint density at radius 3 is 2.68 bits per heavy atom. The molecule has 0 aliphatic rings. The second-order valence-corrected chi connectivity index (χ2v) is 4.59. The summed E-state index contributed by atoms with van der Waals surface area (Å²) in [6.07, 6.45) is 2.61. The summed E-state index contributed by atoms with van der Waals surface area (Å²) in [5.74, 6) is -0.140. The lowest BCUT2D eigenvalue weighted by Crippen LogP contribution is -2.43. The number of amides is 1. The highest BCUT2D eigenvalue weighted by molar-refractivity contribution is 5.81. The lowest BCUT2D eigenvalue weighted by Gasteiger charge is -2.23. The summed E-state index contributed by atoms with van der Waals surface area (Å²) in [4.78, 5) is 13.7. The quantitative estimate of drug-likeness (QED) is 0.762. The number of carbonyl (C=O) groups is 1. The minimum atomic E-state index is -0.503. The summed E-state index contributed by atoms with van der Waals surface area (Å²) >= 11 is 0. The maximum atomic E-state index is 12.2. The number of nitriles is 1. The molecule has 0 heterocycles. The molecule has 0 saturated carbocycles. The molecular formula is C15H21N3O. The molecule has 1 atom stereocenters. The Morgan fingerprint density at radius 2 is 2.11 bits per heavy atom. The van der Waals surface area contributed by atoms with E-state index in [-0.39, 0.29) is 12.5 Å². The number of hydrogen-bond donors (Lipinski definition) is 1. The largest absolute Gasteiger partial charge is 0.324 e. The van der Waals surface area contributed by atoms with Crippen molar-refractivity contribution in [2.24, 2.45) is 5.73 Å². The summed E-state index contributed by atoms with van der Waals surface area (Å²) in [5.41, 5.74) is 6.90. The van der Waals surface area contributed by atoms with Gasteiger partial charge in [0.15, 0.2) is 0 Å². The second kappa shape index (κ2) is 8.28. The van der Waals surface area contributed by atoms with Crippen molar-refractivity contribution in [2.45, 2.75) is 38.8 Å². The average Bonchev–Trinajstić information content (AvgIpc) is 2.44. The predicted octanol–water partition coefficient (Wildman–Crippen LogP) is 2.06. The van der Waals surface area contributed by atoms with Crippen molar-refractivity contribution in [3.63, 3.8) is 0 Å². The minimum absolute atomic E-state index is 0.0769. The zero-order valence-electron chi connectivity index (χ0n) is 11.4. The molecule has 1 rings (SSSR count). The molecule has 4 nitrogen and oxygen atoms in total. The Labute approximate surface area is 114 Å². The smallest absolute Gasteiger partial charge is 0.240 e. The van der Waals surface area contributed by atoms with Crippen molar-refractivity contribution >= 4 is 5.91 Å². The van der Waals surface area contributed by atoms with Crippen LogP contribution < -0.4 is 5.73 Å². The number of rotatable bonds is 7. The zero-order chi connectivity index (χ0) is 14.1. The fraction of sp³-hybridized carbons (Fsp3) is 0.467. The molecule has 2 N–H and O–H groups in total. The maximum absolute atomic E-state index is 12.2. The van der Waals surface area contributed by atoms with Crippen molar-refractivity contribution in [1.82, 2.24) is 4.90 Å². The van der Waals surface area contributed by atoms with Gasteiger partial charge in [0, 0.05) is 6.54 Å². The molecule has 1 unspecified atom stereocenters. The zero-order valence-corrected chi connectivity index (χ0v) is 11.4. The highest BCUT2D eigenvalue weighted by atomic mass is 16.2. The van der Waals surface area contributed by atoms with Crippen molar-refractivity contribution < 1.29 is 4.79 Å². The number of hydrogen-bond acceptors (Lipinski definition) is 3. The van der Waals surface area contributed by atoms with Crippen molar-refractivity contribution in [1.29, 1.82) is 5.26 Å². The first-order valence-electron chi connectivity index (χ1n) is 6.64. The van der Waals surface area contributed by atoms with Crippen molar-refractivity contribution in [2.75, 3.05) is 6.54 Å². The van der Waals surface area contributed by atoms with Crippen LogP contribution in [0.15, 0.2) is 30.3 Å². The first-order chi connectivity index (χ1) is 9.19. The lowest BCUT2D eigenvalue weighted by atomic mass is 10.1. The van der Waals surface area contributed by atoms with Gasteiger partial charge >= 0.3 is 0 Å². The molecule has 0 aliphatic carbocycles. The van der Waals surface area contributed by atoms with Crippen molar-refractivity contribution in [3.8, 4) is 6.07 Å². The fourth-order valence-corrected chi connectivity index (χ4v) is 1.88. The summed E-state index contributed by atoms with van der Waals surface area (Å²) < 4.78 is 0. The number of unbranched alkanes of at least 4 members (excludes halogenated alkanes) is 1. The summed E-state index contributed by atoms with van der Waals surface area (Å²) in [6, 6.07) is 11.2. The van der Waals surface area contributed by atoms with Gasteiger partial charge in [0.05, 0.1) is 12.1 Å². The van der Waals surface area contributed by atoms with Gasteiger partial charge in [-0.25, -0.2) is 0 Å². The monoisotopic (exact) mass is 259 g/mol. The Hall–Kier alpha value is -1.86. The first kappa shape index (κ1) is 15.2. The molecule has 1 aromatic carbocycles. The van der Waals surface area contributed by atoms with Gasteiger partial charge in [0.1, 0.15) is 6.54 Å². The van der Waals surface area contributed by atoms with Gasteiger partial charge in [0.25, 0.3) is 0 Å². The molecule has 0 aromatic heterocycles. The van der Waals surface area contributed by atoms with Crippen LogP contribution in [-0.2, 0) is 11.3 Å². The Balaban J connectivity index is 2.66. The van der Waals surface area contributed by atoms with Crippen LogP contribution in [0, 0.1) is 11.3 Å². The van der Waals surface area contributed by atoms with Crippen LogP contribution in [0.25, 0.3) is 0 Å². The molecule has 0 bridgehead atoms. The van der Waals surface area contributed by atoms with Crippen molar-refractivity contribution in [3.05, 3.63) is 35.9 Å². The van der Waals surface area contributed by atoms with E-state index in [4.69, 9.17) is 11.0 Å². The molecule has 1 amide bonds. The van der Waals surface area contributed by atoms with Crippen LogP contribution in [0.5, 0.6) is 0 Å². The van der Waals surface area contributed by atoms with Crippen LogP contribution in [-0.4, -0.2) is 23.4 Å². The van der Waals surface area contributed by atoms with Crippen LogP contribution >= 0.6 is 0 Å². The van der Waals surface area contributed by atoms with Crippen LogP contribution in [0.3, 0.4) is 0 Å². The molecule has 0 radical (unpaired) electrons.